The standard InChI is InChI=1S/C8H13NO2/c1-3-5-7(6-4-2)11-8(9)10/h7H,3,5H2,1-2H3,(H2,9,10). The van der Waals surface area contributed by atoms with Gasteiger partial charge in [0.05, 0.1) is 0 Å². The van der Waals surface area contributed by atoms with E-state index in [1.165, 1.54) is 0 Å². The lowest BCUT2D eigenvalue weighted by atomic mass is 10.2. The smallest absolute Gasteiger partial charge is 0.405 e. The molecule has 0 saturated carbocycles. The van der Waals surface area contributed by atoms with Crippen molar-refractivity contribution in [1.82, 2.24) is 0 Å². The molecule has 62 valence electrons. The maximum Gasteiger partial charge on any atom is 0.405 e. The Morgan fingerprint density at radius 1 is 1.73 bits per heavy atom. The molecule has 0 aromatic rings. The van der Waals surface area contributed by atoms with Crippen LogP contribution >= 0.6 is 0 Å². The third-order valence-electron chi connectivity index (χ3n) is 1.11. The van der Waals surface area contributed by atoms with Gasteiger partial charge in [-0.25, -0.2) is 4.79 Å². The maximum absolute atomic E-state index is 10.3. The second-order valence-electron chi connectivity index (χ2n) is 2.11. The summed E-state index contributed by atoms with van der Waals surface area (Å²) in [7, 11) is 0. The van der Waals surface area contributed by atoms with Gasteiger partial charge in [-0.15, -0.1) is 5.92 Å². The fraction of sp³-hybridized carbons (Fsp3) is 0.625. The summed E-state index contributed by atoms with van der Waals surface area (Å²) in [5, 5.41) is 0. The van der Waals surface area contributed by atoms with Gasteiger partial charge in [-0.1, -0.05) is 19.3 Å². The van der Waals surface area contributed by atoms with Crippen LogP contribution in [0.25, 0.3) is 0 Å². The molecular weight excluding hydrogens is 142 g/mol. The van der Waals surface area contributed by atoms with E-state index in [0.717, 1.165) is 12.8 Å². The summed E-state index contributed by atoms with van der Waals surface area (Å²) in [5.74, 6) is 5.42. The van der Waals surface area contributed by atoms with E-state index in [-0.39, 0.29) is 6.10 Å². The summed E-state index contributed by atoms with van der Waals surface area (Å²) in [5.41, 5.74) is 4.82. The molecule has 0 radical (unpaired) electrons. The maximum atomic E-state index is 10.3. The molecule has 0 bridgehead atoms. The van der Waals surface area contributed by atoms with Crippen LogP contribution in [0.15, 0.2) is 0 Å². The molecule has 1 unspecified atom stereocenters. The predicted molar refractivity (Wildman–Crippen MR) is 42.8 cm³/mol. The van der Waals surface area contributed by atoms with E-state index >= 15 is 0 Å². The van der Waals surface area contributed by atoms with E-state index < -0.39 is 6.09 Å². The SMILES string of the molecule is CC#CC(CCC)OC(N)=O. The number of amides is 1. The Morgan fingerprint density at radius 3 is 2.73 bits per heavy atom. The first kappa shape index (κ1) is 9.83. The van der Waals surface area contributed by atoms with Crippen molar-refractivity contribution in [2.75, 3.05) is 0 Å². The number of rotatable bonds is 3. The minimum absolute atomic E-state index is 0.331. The monoisotopic (exact) mass is 155 g/mol. The number of carbonyl (C=O) groups is 1. The van der Waals surface area contributed by atoms with Crippen molar-refractivity contribution < 1.29 is 9.53 Å². The van der Waals surface area contributed by atoms with Gasteiger partial charge in [-0.2, -0.15) is 0 Å². The zero-order valence-electron chi connectivity index (χ0n) is 6.89. The second kappa shape index (κ2) is 5.60. The molecule has 0 aliphatic carbocycles. The average Bonchev–Trinajstić information content (AvgIpc) is 1.87. The number of ether oxygens (including phenoxy) is 1. The largest absolute Gasteiger partial charge is 0.433 e. The van der Waals surface area contributed by atoms with E-state index in [4.69, 9.17) is 10.5 Å². The summed E-state index contributed by atoms with van der Waals surface area (Å²) in [6.07, 6.45) is 0.574. The van der Waals surface area contributed by atoms with Crippen LogP contribution in [-0.4, -0.2) is 12.2 Å². The van der Waals surface area contributed by atoms with Crippen LogP contribution < -0.4 is 5.73 Å². The second-order valence-corrected chi connectivity index (χ2v) is 2.11. The van der Waals surface area contributed by atoms with Gasteiger partial charge in [0.1, 0.15) is 0 Å². The molecule has 0 aromatic carbocycles. The fourth-order valence-electron chi connectivity index (χ4n) is 0.724. The average molecular weight is 155 g/mol. The predicted octanol–water partition coefficient (Wildman–Crippen LogP) is 1.27. The van der Waals surface area contributed by atoms with Gasteiger partial charge in [0.15, 0.2) is 6.10 Å². The van der Waals surface area contributed by atoms with Crippen molar-refractivity contribution >= 4 is 6.09 Å². The third kappa shape index (κ3) is 5.28. The molecule has 1 amide bonds. The first-order chi connectivity index (χ1) is 5.20. The summed E-state index contributed by atoms with van der Waals surface area (Å²) < 4.78 is 4.70. The zero-order chi connectivity index (χ0) is 8.69. The molecular formula is C8H13NO2. The third-order valence-corrected chi connectivity index (χ3v) is 1.11. The van der Waals surface area contributed by atoms with Gasteiger partial charge in [0.2, 0.25) is 0 Å². The summed E-state index contributed by atoms with van der Waals surface area (Å²) in [6.45, 7) is 3.70. The van der Waals surface area contributed by atoms with Crippen molar-refractivity contribution in [2.24, 2.45) is 5.73 Å². The van der Waals surface area contributed by atoms with Crippen LogP contribution in [0, 0.1) is 11.8 Å². The molecule has 1 atom stereocenters. The lowest BCUT2D eigenvalue weighted by Crippen LogP contribution is -2.21. The molecule has 2 N–H and O–H groups in total. The lowest BCUT2D eigenvalue weighted by Gasteiger charge is -2.07. The van der Waals surface area contributed by atoms with Gasteiger partial charge < -0.3 is 10.5 Å². The first-order valence-corrected chi connectivity index (χ1v) is 3.59. The highest BCUT2D eigenvalue weighted by Gasteiger charge is 2.06. The van der Waals surface area contributed by atoms with E-state index in [1.54, 1.807) is 6.92 Å². The number of carbonyl (C=O) groups excluding carboxylic acids is 1. The number of hydrogen-bond donors (Lipinski definition) is 1. The van der Waals surface area contributed by atoms with Crippen molar-refractivity contribution in [2.45, 2.75) is 32.8 Å². The molecule has 0 fully saturated rings. The van der Waals surface area contributed by atoms with Crippen LogP contribution in [0.4, 0.5) is 4.79 Å². The summed E-state index contributed by atoms with van der Waals surface area (Å²) >= 11 is 0. The van der Waals surface area contributed by atoms with Gasteiger partial charge in [-0.05, 0) is 13.3 Å². The van der Waals surface area contributed by atoms with Crippen LogP contribution in [0.3, 0.4) is 0 Å². The highest BCUT2D eigenvalue weighted by Crippen LogP contribution is 1.99. The van der Waals surface area contributed by atoms with Gasteiger partial charge >= 0.3 is 6.09 Å². The minimum Gasteiger partial charge on any atom is -0.433 e. The molecule has 3 heteroatoms. The Labute approximate surface area is 66.9 Å². The lowest BCUT2D eigenvalue weighted by molar-refractivity contribution is 0.129. The van der Waals surface area contributed by atoms with Crippen molar-refractivity contribution in [3.63, 3.8) is 0 Å². The van der Waals surface area contributed by atoms with Crippen molar-refractivity contribution in [3.05, 3.63) is 0 Å². The molecule has 0 aliphatic rings. The fourth-order valence-corrected chi connectivity index (χ4v) is 0.724. The Hall–Kier alpha value is -1.17. The van der Waals surface area contributed by atoms with E-state index in [0.29, 0.717) is 0 Å². The van der Waals surface area contributed by atoms with E-state index in [2.05, 4.69) is 11.8 Å². The Kier molecular flexibility index (Phi) is 5.01. The quantitative estimate of drug-likeness (QED) is 0.624. The van der Waals surface area contributed by atoms with Crippen LogP contribution in [0.5, 0.6) is 0 Å². The first-order valence-electron chi connectivity index (χ1n) is 3.59. The van der Waals surface area contributed by atoms with Gasteiger partial charge in [0.25, 0.3) is 0 Å². The molecule has 0 rings (SSSR count). The number of primary amides is 1. The van der Waals surface area contributed by atoms with Crippen LogP contribution in [0.2, 0.25) is 0 Å². The van der Waals surface area contributed by atoms with Crippen molar-refractivity contribution in [1.29, 1.82) is 0 Å². The summed E-state index contributed by atoms with van der Waals surface area (Å²) in [6, 6.07) is 0. The molecule has 0 spiro atoms. The molecule has 0 aliphatic heterocycles. The van der Waals surface area contributed by atoms with E-state index in [9.17, 15) is 4.79 Å². The Bertz CT molecular complexity index is 178. The van der Waals surface area contributed by atoms with Gasteiger partial charge in [0, 0.05) is 0 Å². The van der Waals surface area contributed by atoms with Crippen LogP contribution in [0.1, 0.15) is 26.7 Å². The highest BCUT2D eigenvalue weighted by molar-refractivity contribution is 5.65. The van der Waals surface area contributed by atoms with Gasteiger partial charge in [-0.3, -0.25) is 0 Å². The molecule has 0 heterocycles. The normalized spacial score (nSPS) is 11.1. The Balaban J connectivity index is 3.85. The van der Waals surface area contributed by atoms with E-state index in [1.807, 2.05) is 6.92 Å². The highest BCUT2D eigenvalue weighted by atomic mass is 16.6. The molecule has 0 saturated heterocycles. The van der Waals surface area contributed by atoms with Crippen molar-refractivity contribution in [3.8, 4) is 11.8 Å². The molecule has 11 heavy (non-hydrogen) atoms. The number of nitrogens with two attached hydrogens (primary N) is 1. The zero-order valence-corrected chi connectivity index (χ0v) is 6.89. The Morgan fingerprint density at radius 2 is 2.36 bits per heavy atom. The summed E-state index contributed by atoms with van der Waals surface area (Å²) in [4.78, 5) is 10.3. The molecule has 3 nitrogen and oxygen atoms in total. The minimum atomic E-state index is -0.758. The molecule has 0 aromatic heterocycles. The van der Waals surface area contributed by atoms with Crippen LogP contribution in [-0.2, 0) is 4.74 Å². The topological polar surface area (TPSA) is 52.3 Å². The number of hydrogen-bond acceptors (Lipinski definition) is 2.